The molecule has 3 aromatic heterocycles. The van der Waals surface area contributed by atoms with E-state index in [0.717, 1.165) is 11.3 Å². The smallest absolute Gasteiger partial charge is 0.475 e. The Bertz CT molecular complexity index is 1840. The summed E-state index contributed by atoms with van der Waals surface area (Å²) in [5, 5.41) is 43.1. The Labute approximate surface area is 277 Å². The Morgan fingerprint density at radius 2 is 1.76 bits per heavy atom. The van der Waals surface area contributed by atoms with E-state index in [4.69, 9.17) is 15.0 Å². The molecule has 0 spiro atoms. The molecule has 0 bridgehead atoms. The minimum Gasteiger partial charge on any atom is -0.475 e. The van der Waals surface area contributed by atoms with Gasteiger partial charge in [-0.1, -0.05) is 19.1 Å². The zero-order chi connectivity index (χ0) is 35.9. The number of carbonyl (C=O) groups excluding carboxylic acids is 1. The number of carbonyl (C=O) groups is 2. The second-order valence-corrected chi connectivity index (χ2v) is 12.5. The number of fused-ring (bicyclic) bond motifs is 1. The van der Waals surface area contributed by atoms with Gasteiger partial charge in [0.05, 0.1) is 29.6 Å². The van der Waals surface area contributed by atoms with Crippen molar-refractivity contribution in [3.63, 3.8) is 0 Å². The number of amides is 1. The number of hydrogen-bond acceptors (Lipinski definition) is 12. The van der Waals surface area contributed by atoms with Gasteiger partial charge >= 0.3 is 12.1 Å². The first-order valence-electron chi connectivity index (χ1n) is 14.8. The van der Waals surface area contributed by atoms with Crippen molar-refractivity contribution in [1.29, 1.82) is 0 Å². The molecule has 1 aliphatic rings. The number of aromatic amines is 1. The molecule has 3 heterocycles. The first kappa shape index (κ1) is 37.0. The van der Waals surface area contributed by atoms with Crippen LogP contribution < -0.4 is 21.1 Å². The maximum atomic E-state index is 12.0. The molecular formula is C28H35F3N10O7S. The average molecular weight is 713 g/mol. The zero-order valence-electron chi connectivity index (χ0n) is 25.9. The SMILES string of the molecule is CCC(=O)N[C@H]1C[C@@H](n2cnc3c(NCCc4ccc(S(N)(=O)=O)cc4)nc(NCCc4cnc[nH]4)nc32)[C@H](O)[C@@H]1O.O=C(O)C(F)(F)F. The number of sulfonamides is 1. The van der Waals surface area contributed by atoms with Crippen LogP contribution in [-0.4, -0.2) is 103 Å². The molecule has 0 unspecified atom stereocenters. The van der Waals surface area contributed by atoms with E-state index in [1.54, 1.807) is 42.5 Å². The third-order valence-corrected chi connectivity index (χ3v) is 8.46. The van der Waals surface area contributed by atoms with Crippen molar-refractivity contribution >= 4 is 44.8 Å². The lowest BCUT2D eigenvalue weighted by Crippen LogP contribution is -2.42. The zero-order valence-corrected chi connectivity index (χ0v) is 26.7. The number of carboxylic acids is 1. The first-order chi connectivity index (χ1) is 23.1. The molecule has 21 heteroatoms. The Morgan fingerprint density at radius 3 is 2.35 bits per heavy atom. The largest absolute Gasteiger partial charge is 0.490 e. The maximum Gasteiger partial charge on any atom is 0.490 e. The summed E-state index contributed by atoms with van der Waals surface area (Å²) in [7, 11) is -3.77. The molecule has 9 N–H and O–H groups in total. The van der Waals surface area contributed by atoms with Gasteiger partial charge in [0.1, 0.15) is 12.2 Å². The summed E-state index contributed by atoms with van der Waals surface area (Å²) < 4.78 is 56.5. The fourth-order valence-corrected chi connectivity index (χ4v) is 5.51. The highest BCUT2D eigenvalue weighted by molar-refractivity contribution is 7.89. The van der Waals surface area contributed by atoms with Gasteiger partial charge in [0.2, 0.25) is 21.9 Å². The van der Waals surface area contributed by atoms with Crippen LogP contribution in [0.1, 0.15) is 37.1 Å². The van der Waals surface area contributed by atoms with Crippen LogP contribution in [0.25, 0.3) is 11.2 Å². The van der Waals surface area contributed by atoms with Crippen molar-refractivity contribution in [3.05, 3.63) is 54.4 Å². The third kappa shape index (κ3) is 9.62. The van der Waals surface area contributed by atoms with Crippen LogP contribution >= 0.6 is 0 Å². The number of benzene rings is 1. The Morgan fingerprint density at radius 1 is 1.08 bits per heavy atom. The van der Waals surface area contributed by atoms with Crippen LogP contribution in [0.15, 0.2) is 48.0 Å². The highest BCUT2D eigenvalue weighted by Crippen LogP contribution is 2.34. The molecule has 1 fully saturated rings. The summed E-state index contributed by atoms with van der Waals surface area (Å²) in [6.45, 7) is 2.70. The number of nitrogens with two attached hydrogens (primary N) is 1. The topological polar surface area (TPSA) is 263 Å². The summed E-state index contributed by atoms with van der Waals surface area (Å²) in [6.07, 6.45) is -0.690. The molecule has 1 aromatic carbocycles. The van der Waals surface area contributed by atoms with E-state index in [2.05, 4.69) is 40.9 Å². The number of alkyl halides is 3. The monoisotopic (exact) mass is 712 g/mol. The normalized spacial score (nSPS) is 19.2. The van der Waals surface area contributed by atoms with Crippen molar-refractivity contribution in [3.8, 4) is 0 Å². The predicted octanol–water partition coefficient (Wildman–Crippen LogP) is 0.701. The minimum atomic E-state index is -5.08. The number of aliphatic hydroxyl groups is 2. The fraction of sp³-hybridized carbons (Fsp3) is 0.429. The van der Waals surface area contributed by atoms with Gasteiger partial charge in [-0.3, -0.25) is 4.79 Å². The number of aliphatic hydroxyl groups excluding tert-OH is 2. The highest BCUT2D eigenvalue weighted by Gasteiger charge is 2.43. The van der Waals surface area contributed by atoms with Gasteiger partial charge in [-0.15, -0.1) is 0 Å². The molecule has 0 saturated heterocycles. The molecule has 4 atom stereocenters. The van der Waals surface area contributed by atoms with Gasteiger partial charge in [-0.25, -0.2) is 28.3 Å². The number of carboxylic acid groups (broad SMARTS) is 1. The summed E-state index contributed by atoms with van der Waals surface area (Å²) in [5.74, 6) is -2.16. The van der Waals surface area contributed by atoms with Crippen LogP contribution in [0.2, 0.25) is 0 Å². The highest BCUT2D eigenvalue weighted by atomic mass is 32.2. The Balaban J connectivity index is 0.000000698. The fourth-order valence-electron chi connectivity index (χ4n) is 5.00. The number of rotatable bonds is 12. The Hall–Kier alpha value is -4.86. The van der Waals surface area contributed by atoms with Gasteiger partial charge in [-0.2, -0.15) is 23.1 Å². The molecule has 0 aliphatic heterocycles. The van der Waals surface area contributed by atoms with E-state index >= 15 is 0 Å². The van der Waals surface area contributed by atoms with E-state index in [-0.39, 0.29) is 17.2 Å². The lowest BCUT2D eigenvalue weighted by atomic mass is 10.1. The standard InChI is InChI=1S/C26H34N10O5S.C2HF3O2/c1-2-20(37)33-18-11-19(23(39)22(18)38)36-14-32-21-24(29-9-7-15-3-5-17(6-4-15)42(27,40)41)34-26(35-25(21)36)30-10-8-16-12-28-13-31-16;3-2(4,5)1(6)7/h3-6,12-14,18-19,22-23,38-39H,2,7-11H2,1H3,(H,28,31)(H,33,37)(H2,27,40,41)(H2,29,30,34,35);(H,6,7)/t18-,19+,22+,23-;/m0./s1. The van der Waals surface area contributed by atoms with Crippen molar-refractivity contribution in [2.75, 3.05) is 23.7 Å². The lowest BCUT2D eigenvalue weighted by molar-refractivity contribution is -0.192. The van der Waals surface area contributed by atoms with Crippen LogP contribution in [-0.2, 0) is 32.5 Å². The quantitative estimate of drug-likeness (QED) is 0.101. The molecule has 266 valence electrons. The molecule has 1 saturated carbocycles. The minimum absolute atomic E-state index is 0.0452. The number of hydrogen-bond donors (Lipinski definition) is 8. The predicted molar refractivity (Wildman–Crippen MR) is 168 cm³/mol. The molecule has 1 amide bonds. The van der Waals surface area contributed by atoms with Crippen LogP contribution in [0, 0.1) is 0 Å². The van der Waals surface area contributed by atoms with Gasteiger partial charge in [0, 0.05) is 37.8 Å². The molecule has 0 radical (unpaired) electrons. The van der Waals surface area contributed by atoms with Crippen LogP contribution in [0.5, 0.6) is 0 Å². The summed E-state index contributed by atoms with van der Waals surface area (Å²) >= 11 is 0. The van der Waals surface area contributed by atoms with Gasteiger partial charge in [0.15, 0.2) is 17.0 Å². The molecule has 4 aromatic rings. The molecule has 17 nitrogen and oxygen atoms in total. The second-order valence-electron chi connectivity index (χ2n) is 11.0. The number of imidazole rings is 2. The van der Waals surface area contributed by atoms with E-state index in [0.29, 0.717) is 55.3 Å². The summed E-state index contributed by atoms with van der Waals surface area (Å²) in [5.41, 5.74) is 2.77. The van der Waals surface area contributed by atoms with E-state index in [1.165, 1.54) is 12.1 Å². The lowest BCUT2D eigenvalue weighted by Gasteiger charge is -2.18. The number of aromatic nitrogens is 6. The number of primary sulfonamides is 1. The van der Waals surface area contributed by atoms with Crippen molar-refractivity contribution in [1.82, 2.24) is 34.8 Å². The molecule has 5 rings (SSSR count). The number of nitrogens with zero attached hydrogens (tertiary/aromatic N) is 5. The third-order valence-electron chi connectivity index (χ3n) is 7.53. The number of anilines is 2. The Kier molecular flexibility index (Phi) is 11.7. The maximum absolute atomic E-state index is 12.0. The second kappa shape index (κ2) is 15.6. The molecule has 1 aliphatic carbocycles. The number of aliphatic carboxylic acids is 1. The first-order valence-corrected chi connectivity index (χ1v) is 16.4. The van der Waals surface area contributed by atoms with Crippen LogP contribution in [0.3, 0.4) is 0 Å². The number of H-pyrrole nitrogens is 1. The number of halogens is 3. The molecular weight excluding hydrogens is 677 g/mol. The van der Waals surface area contributed by atoms with E-state index in [1.807, 2.05) is 0 Å². The summed E-state index contributed by atoms with van der Waals surface area (Å²) in [6, 6.07) is 5.15. The van der Waals surface area contributed by atoms with E-state index in [9.17, 15) is 36.6 Å². The summed E-state index contributed by atoms with van der Waals surface area (Å²) in [4.78, 5) is 41.8. The van der Waals surface area contributed by atoms with E-state index < -0.39 is 46.5 Å². The van der Waals surface area contributed by atoms with Gasteiger partial charge in [0.25, 0.3) is 0 Å². The van der Waals surface area contributed by atoms with Gasteiger partial charge in [-0.05, 0) is 30.5 Å². The van der Waals surface area contributed by atoms with Crippen molar-refractivity contribution < 1.29 is 46.5 Å². The van der Waals surface area contributed by atoms with Crippen molar-refractivity contribution in [2.24, 2.45) is 5.14 Å². The molecule has 49 heavy (non-hydrogen) atoms. The van der Waals surface area contributed by atoms with Gasteiger partial charge < -0.3 is 40.8 Å². The average Bonchev–Trinajstić information content (AvgIpc) is 3.78. The van der Waals surface area contributed by atoms with Crippen LogP contribution in [0.4, 0.5) is 24.9 Å². The van der Waals surface area contributed by atoms with Crippen molar-refractivity contribution in [2.45, 2.75) is 68.0 Å². The number of nitrogens with one attached hydrogen (secondary N) is 4.